The van der Waals surface area contributed by atoms with Gasteiger partial charge in [-0.2, -0.15) is 4.57 Å². The highest BCUT2D eigenvalue weighted by Gasteiger charge is 2.50. The Morgan fingerprint density at radius 1 is 0.612 bits per heavy atom. The number of nitrogens with zero attached hydrogens (tertiary/aromatic N) is 4. The van der Waals surface area contributed by atoms with Crippen molar-refractivity contribution in [3.05, 3.63) is 156 Å². The molecule has 11 rings (SSSR count). The number of ether oxygens (including phenoxy) is 1. The Balaban J connectivity index is 1.22. The molecule has 6 aromatic carbocycles. The molecule has 0 radical (unpaired) electrons. The number of pyridine rings is 1. The van der Waals surface area contributed by atoms with Crippen molar-refractivity contribution in [2.24, 2.45) is 7.05 Å². The average Bonchev–Trinajstić information content (AvgIpc) is 3.74. The average molecular weight is 633 g/mol. The lowest BCUT2D eigenvalue weighted by Crippen LogP contribution is -2.46. The lowest BCUT2D eigenvalue weighted by Gasteiger charge is -2.23. The number of aryl methyl sites for hydroxylation is 1. The fourth-order valence-electron chi connectivity index (χ4n) is 9.00. The lowest BCUT2D eigenvalue weighted by molar-refractivity contribution is -0.771. The van der Waals surface area contributed by atoms with E-state index >= 15 is 0 Å². The molecule has 2 aliphatic rings. The lowest BCUT2D eigenvalue weighted by atomic mass is 9.91. The van der Waals surface area contributed by atoms with Gasteiger partial charge in [0, 0.05) is 12.3 Å². The zero-order chi connectivity index (χ0) is 32.5. The molecule has 1 unspecified atom stereocenters. The standard InChI is InChI=1S/C44H32N4O/c1-26-40(32-16-8-14-30-24-28-12-4-5-13-29(28)25-34(30)32)27(2)48-43-41-36(19-9-21-38(41)49-39-22-10-20-37(42(39)43)47(26)48)46-35-18-7-6-15-31(35)33-17-11-23-45(3)44(33)46/h4-25,43H,1-3H3/q+2. The van der Waals surface area contributed by atoms with Gasteiger partial charge in [-0.05, 0) is 94.7 Å². The van der Waals surface area contributed by atoms with Gasteiger partial charge in [0.2, 0.25) is 11.7 Å². The van der Waals surface area contributed by atoms with E-state index in [9.17, 15) is 0 Å². The molecule has 9 aromatic rings. The van der Waals surface area contributed by atoms with E-state index in [4.69, 9.17) is 4.74 Å². The molecular formula is C44H32N4O+2. The normalized spacial score (nSPS) is 14.4. The number of hydrogen-bond donors (Lipinski definition) is 0. The minimum absolute atomic E-state index is 0.0698. The SMILES string of the molecule is Cc1c(-c2cccc3cc4ccccc4cc23)c(C)[n+]2n1-c1cccc3c1C2c1c(cccc1-n1c2ccccc2c2ccc[n+](C)c21)O3. The van der Waals surface area contributed by atoms with Gasteiger partial charge in [0.15, 0.2) is 0 Å². The Hall–Kier alpha value is -6.20. The highest BCUT2D eigenvalue weighted by Crippen LogP contribution is 2.52. The van der Waals surface area contributed by atoms with Crippen LogP contribution in [0.3, 0.4) is 0 Å². The molecule has 5 heteroatoms. The van der Waals surface area contributed by atoms with Crippen LogP contribution in [0, 0.1) is 13.8 Å². The molecule has 0 saturated heterocycles. The minimum Gasteiger partial charge on any atom is -0.456 e. The maximum absolute atomic E-state index is 6.81. The van der Waals surface area contributed by atoms with Crippen molar-refractivity contribution in [3.8, 4) is 34.0 Å². The molecule has 0 spiro atoms. The third kappa shape index (κ3) is 3.39. The quantitative estimate of drug-likeness (QED) is 0.138. The summed E-state index contributed by atoms with van der Waals surface area (Å²) in [6.45, 7) is 4.57. The Kier molecular flexibility index (Phi) is 5.17. The van der Waals surface area contributed by atoms with Crippen molar-refractivity contribution in [1.29, 1.82) is 0 Å². The van der Waals surface area contributed by atoms with Crippen LogP contribution in [0.25, 0.3) is 66.0 Å². The van der Waals surface area contributed by atoms with Crippen molar-refractivity contribution >= 4 is 43.5 Å². The summed E-state index contributed by atoms with van der Waals surface area (Å²) in [6, 6.07) is 46.1. The van der Waals surface area contributed by atoms with E-state index in [1.807, 2.05) is 0 Å². The van der Waals surface area contributed by atoms with Crippen LogP contribution in [0.15, 0.2) is 134 Å². The van der Waals surface area contributed by atoms with E-state index in [2.05, 4.69) is 173 Å². The molecule has 1 atom stereocenters. The molecule has 3 aromatic heterocycles. The number of fused-ring (bicyclic) bond motifs is 10. The smallest absolute Gasteiger partial charge is 0.294 e. The first kappa shape index (κ1) is 26.8. The first-order valence-corrected chi connectivity index (χ1v) is 17.0. The summed E-state index contributed by atoms with van der Waals surface area (Å²) < 4.78 is 16.4. The van der Waals surface area contributed by atoms with Crippen molar-refractivity contribution < 1.29 is 14.0 Å². The third-order valence-electron chi connectivity index (χ3n) is 11.0. The number of aromatic nitrogens is 4. The van der Waals surface area contributed by atoms with Gasteiger partial charge in [-0.25, -0.2) is 4.57 Å². The fourth-order valence-corrected chi connectivity index (χ4v) is 9.00. The first-order chi connectivity index (χ1) is 24.1. The molecule has 0 bridgehead atoms. The Morgan fingerprint density at radius 3 is 2.12 bits per heavy atom. The second-order valence-electron chi connectivity index (χ2n) is 13.5. The molecule has 49 heavy (non-hydrogen) atoms. The highest BCUT2D eigenvalue weighted by molar-refractivity contribution is 6.07. The molecule has 0 N–H and O–H groups in total. The van der Waals surface area contributed by atoms with Crippen LogP contribution in [0.2, 0.25) is 0 Å². The van der Waals surface area contributed by atoms with Crippen LogP contribution in [0.1, 0.15) is 28.6 Å². The van der Waals surface area contributed by atoms with Gasteiger partial charge in [-0.15, -0.1) is 4.68 Å². The van der Waals surface area contributed by atoms with Crippen LogP contribution in [0.4, 0.5) is 0 Å². The van der Waals surface area contributed by atoms with E-state index in [0.29, 0.717) is 0 Å². The molecular weight excluding hydrogens is 601 g/mol. The Labute approximate surface area is 283 Å². The third-order valence-corrected chi connectivity index (χ3v) is 11.0. The maximum Gasteiger partial charge on any atom is 0.294 e. The monoisotopic (exact) mass is 632 g/mol. The van der Waals surface area contributed by atoms with Crippen LogP contribution in [0.5, 0.6) is 11.5 Å². The summed E-state index contributed by atoms with van der Waals surface area (Å²) in [4.78, 5) is 0. The molecule has 5 nitrogen and oxygen atoms in total. The molecule has 232 valence electrons. The van der Waals surface area contributed by atoms with Crippen molar-refractivity contribution in [2.45, 2.75) is 19.9 Å². The summed E-state index contributed by atoms with van der Waals surface area (Å²) >= 11 is 0. The van der Waals surface area contributed by atoms with Gasteiger partial charge in [0.05, 0.1) is 35.5 Å². The number of para-hydroxylation sites is 1. The van der Waals surface area contributed by atoms with E-state index in [1.54, 1.807) is 0 Å². The van der Waals surface area contributed by atoms with Crippen molar-refractivity contribution in [2.75, 3.05) is 0 Å². The van der Waals surface area contributed by atoms with Crippen molar-refractivity contribution in [3.63, 3.8) is 0 Å². The molecule has 2 aliphatic heterocycles. The predicted octanol–water partition coefficient (Wildman–Crippen LogP) is 9.33. The number of rotatable bonds is 2. The van der Waals surface area contributed by atoms with Gasteiger partial charge in [-0.3, -0.25) is 0 Å². The maximum atomic E-state index is 6.81. The summed E-state index contributed by atoms with van der Waals surface area (Å²) in [5.41, 5.74) is 12.0. The Morgan fingerprint density at radius 2 is 1.29 bits per heavy atom. The highest BCUT2D eigenvalue weighted by atomic mass is 16.5. The zero-order valence-electron chi connectivity index (χ0n) is 27.5. The molecule has 0 aliphatic carbocycles. The summed E-state index contributed by atoms with van der Waals surface area (Å²) in [5, 5.41) is 7.53. The molecule has 0 fully saturated rings. The summed E-state index contributed by atoms with van der Waals surface area (Å²) in [7, 11) is 2.14. The Bertz CT molecular complexity index is 2910. The van der Waals surface area contributed by atoms with Crippen LogP contribution in [-0.2, 0) is 7.05 Å². The summed E-state index contributed by atoms with van der Waals surface area (Å²) in [5.74, 6) is 1.82. The number of hydrogen-bond acceptors (Lipinski definition) is 1. The van der Waals surface area contributed by atoms with E-state index in [-0.39, 0.29) is 6.04 Å². The first-order valence-electron chi connectivity index (χ1n) is 17.0. The minimum atomic E-state index is -0.0698. The van der Waals surface area contributed by atoms with Crippen LogP contribution < -0.4 is 14.0 Å². The molecule has 5 heterocycles. The second kappa shape index (κ2) is 9.45. The van der Waals surface area contributed by atoms with E-state index in [0.717, 1.165) is 22.8 Å². The van der Waals surface area contributed by atoms with Crippen LogP contribution in [-0.4, -0.2) is 9.25 Å². The van der Waals surface area contributed by atoms with Crippen molar-refractivity contribution in [1.82, 2.24) is 9.25 Å². The largest absolute Gasteiger partial charge is 0.456 e. The summed E-state index contributed by atoms with van der Waals surface area (Å²) in [6.07, 6.45) is 2.14. The van der Waals surface area contributed by atoms with E-state index < -0.39 is 0 Å². The topological polar surface area (TPSA) is 26.8 Å². The van der Waals surface area contributed by atoms with E-state index in [1.165, 1.54) is 77.2 Å². The second-order valence-corrected chi connectivity index (χ2v) is 13.5. The van der Waals surface area contributed by atoms with Gasteiger partial charge in [0.1, 0.15) is 34.0 Å². The molecule has 0 amide bonds. The zero-order valence-corrected chi connectivity index (χ0v) is 27.5. The fraction of sp³-hybridized carbons (Fsp3) is 0.0909. The predicted molar refractivity (Wildman–Crippen MR) is 195 cm³/mol. The molecule has 0 saturated carbocycles. The van der Waals surface area contributed by atoms with Crippen LogP contribution >= 0.6 is 0 Å². The number of benzene rings is 6. The van der Waals surface area contributed by atoms with Gasteiger partial charge in [-0.1, -0.05) is 71.4 Å². The van der Waals surface area contributed by atoms with Gasteiger partial charge >= 0.3 is 0 Å². The van der Waals surface area contributed by atoms with Gasteiger partial charge < -0.3 is 4.74 Å². The van der Waals surface area contributed by atoms with Gasteiger partial charge in [0.25, 0.3) is 5.65 Å².